The minimum atomic E-state index is -1.10. The molecule has 10 nitrogen and oxygen atoms in total. The number of aromatic carboxylic acids is 1. The Kier molecular flexibility index (Phi) is 3.93. The average molecular weight is 304 g/mol. The van der Waals surface area contributed by atoms with Crippen LogP contribution in [0.4, 0.5) is 23.0 Å². The number of hydrogen-bond donors (Lipinski definition) is 2. The minimum absolute atomic E-state index is 0.0429. The van der Waals surface area contributed by atoms with E-state index in [-0.39, 0.29) is 11.3 Å². The van der Waals surface area contributed by atoms with Gasteiger partial charge in [-0.1, -0.05) is 0 Å². The van der Waals surface area contributed by atoms with Crippen molar-refractivity contribution in [3.63, 3.8) is 0 Å². The third-order valence-electron chi connectivity index (χ3n) is 2.63. The number of nitrogens with zero attached hydrogens (tertiary/aromatic N) is 3. The third-order valence-corrected chi connectivity index (χ3v) is 2.63. The number of aromatic nitrogens is 1. The fraction of sp³-hybridized carbons (Fsp3) is 0. The van der Waals surface area contributed by atoms with E-state index in [2.05, 4.69) is 10.3 Å². The monoisotopic (exact) mass is 304 g/mol. The first-order valence-electron chi connectivity index (χ1n) is 5.78. The molecule has 0 bridgehead atoms. The largest absolute Gasteiger partial charge is 0.478 e. The lowest BCUT2D eigenvalue weighted by Gasteiger charge is -2.07. The molecule has 0 aliphatic carbocycles. The van der Waals surface area contributed by atoms with E-state index in [0.29, 0.717) is 5.69 Å². The van der Waals surface area contributed by atoms with Crippen molar-refractivity contribution in [3.05, 3.63) is 62.2 Å². The zero-order chi connectivity index (χ0) is 16.3. The molecule has 0 spiro atoms. The molecule has 1 heterocycles. The first-order chi connectivity index (χ1) is 10.4. The normalized spacial score (nSPS) is 10.0. The number of carboxylic acids is 1. The van der Waals surface area contributed by atoms with Gasteiger partial charge in [-0.05, 0) is 40.2 Å². The molecule has 2 aromatic rings. The maximum absolute atomic E-state index is 10.9. The molecule has 1 aromatic heterocycles. The fourth-order valence-corrected chi connectivity index (χ4v) is 1.63. The second kappa shape index (κ2) is 5.83. The zero-order valence-electron chi connectivity index (χ0n) is 10.8. The van der Waals surface area contributed by atoms with Crippen molar-refractivity contribution in [1.29, 1.82) is 0 Å². The Hall–Kier alpha value is -3.56. The van der Waals surface area contributed by atoms with Crippen LogP contribution in [0, 0.1) is 20.2 Å². The number of benzene rings is 1. The lowest BCUT2D eigenvalue weighted by Crippen LogP contribution is -2.02. The molecule has 0 aliphatic heterocycles. The SMILES string of the molecule is O=C(O)c1ccc(Nc2ccc([N+](=O)[O-])nc2[N+](=O)[O-])cc1. The van der Waals surface area contributed by atoms with Gasteiger partial charge in [0.1, 0.15) is 5.69 Å². The molecular weight excluding hydrogens is 296 g/mol. The van der Waals surface area contributed by atoms with Crippen LogP contribution in [0.2, 0.25) is 0 Å². The second-order valence-corrected chi connectivity index (χ2v) is 4.06. The third kappa shape index (κ3) is 3.12. The average Bonchev–Trinajstić information content (AvgIpc) is 2.47. The van der Waals surface area contributed by atoms with E-state index in [0.717, 1.165) is 12.1 Å². The van der Waals surface area contributed by atoms with Gasteiger partial charge in [0.15, 0.2) is 0 Å². The molecule has 10 heteroatoms. The van der Waals surface area contributed by atoms with E-state index in [1.54, 1.807) is 0 Å². The van der Waals surface area contributed by atoms with Crippen molar-refractivity contribution >= 4 is 29.0 Å². The highest BCUT2D eigenvalue weighted by Crippen LogP contribution is 2.28. The lowest BCUT2D eigenvalue weighted by atomic mass is 10.2. The summed E-state index contributed by atoms with van der Waals surface area (Å²) in [6.45, 7) is 0. The van der Waals surface area contributed by atoms with Crippen molar-refractivity contribution in [2.75, 3.05) is 5.32 Å². The van der Waals surface area contributed by atoms with Gasteiger partial charge < -0.3 is 30.7 Å². The van der Waals surface area contributed by atoms with Crippen molar-refractivity contribution in [3.8, 4) is 0 Å². The van der Waals surface area contributed by atoms with Crippen molar-refractivity contribution in [1.82, 2.24) is 4.98 Å². The molecule has 0 amide bonds. The van der Waals surface area contributed by atoms with Gasteiger partial charge in [0.05, 0.1) is 5.56 Å². The lowest BCUT2D eigenvalue weighted by molar-refractivity contribution is -0.402. The van der Waals surface area contributed by atoms with Crippen LogP contribution in [0.15, 0.2) is 36.4 Å². The Bertz CT molecular complexity index is 759. The molecule has 2 N–H and O–H groups in total. The molecule has 0 fully saturated rings. The van der Waals surface area contributed by atoms with Crippen LogP contribution in [-0.2, 0) is 0 Å². The van der Waals surface area contributed by atoms with Crippen LogP contribution in [0.5, 0.6) is 0 Å². The van der Waals surface area contributed by atoms with E-state index in [1.807, 2.05) is 0 Å². The van der Waals surface area contributed by atoms with Crippen LogP contribution in [-0.4, -0.2) is 25.9 Å². The molecule has 0 atom stereocenters. The Labute approximate surface area is 122 Å². The van der Waals surface area contributed by atoms with Gasteiger partial charge in [0.25, 0.3) is 0 Å². The molecule has 0 saturated heterocycles. The predicted molar refractivity (Wildman–Crippen MR) is 74.2 cm³/mol. The van der Waals surface area contributed by atoms with Crippen LogP contribution in [0.1, 0.15) is 10.4 Å². The number of carboxylic acid groups (broad SMARTS) is 1. The molecule has 22 heavy (non-hydrogen) atoms. The summed E-state index contributed by atoms with van der Waals surface area (Å²) in [6.07, 6.45) is 0. The summed E-state index contributed by atoms with van der Waals surface area (Å²) < 4.78 is 0. The fourth-order valence-electron chi connectivity index (χ4n) is 1.63. The van der Waals surface area contributed by atoms with Gasteiger partial charge in [-0.2, -0.15) is 0 Å². The van der Waals surface area contributed by atoms with Gasteiger partial charge in [0, 0.05) is 16.7 Å². The van der Waals surface area contributed by atoms with E-state index in [9.17, 15) is 25.0 Å². The molecule has 112 valence electrons. The van der Waals surface area contributed by atoms with Crippen LogP contribution >= 0.6 is 0 Å². The van der Waals surface area contributed by atoms with E-state index in [1.165, 1.54) is 24.3 Å². The number of carbonyl (C=O) groups is 1. The van der Waals surface area contributed by atoms with Gasteiger partial charge >= 0.3 is 17.6 Å². The first kappa shape index (κ1) is 14.8. The summed E-state index contributed by atoms with van der Waals surface area (Å²) in [5.74, 6) is -2.44. The standard InChI is InChI=1S/C12H8N4O6/c17-12(18)7-1-3-8(4-2-7)13-9-5-6-10(15(19)20)14-11(9)16(21)22/h1-6,13H,(H,17,18). The van der Waals surface area contributed by atoms with E-state index < -0.39 is 27.5 Å². The maximum Gasteiger partial charge on any atom is 0.391 e. The summed E-state index contributed by atoms with van der Waals surface area (Å²) in [5.41, 5.74) is 0.393. The number of pyridine rings is 1. The highest BCUT2D eigenvalue weighted by molar-refractivity contribution is 5.88. The highest BCUT2D eigenvalue weighted by Gasteiger charge is 2.20. The summed E-state index contributed by atoms with van der Waals surface area (Å²) in [6, 6.07) is 7.64. The van der Waals surface area contributed by atoms with Crippen molar-refractivity contribution in [2.24, 2.45) is 0 Å². The number of rotatable bonds is 5. The first-order valence-corrected chi connectivity index (χ1v) is 5.78. The van der Waals surface area contributed by atoms with Crippen LogP contribution < -0.4 is 5.32 Å². The predicted octanol–water partition coefficient (Wildman–Crippen LogP) is 2.34. The van der Waals surface area contributed by atoms with Gasteiger partial charge in [-0.25, -0.2) is 4.79 Å². The Morgan fingerprint density at radius 1 is 1.05 bits per heavy atom. The number of anilines is 2. The Morgan fingerprint density at radius 3 is 2.18 bits per heavy atom. The van der Waals surface area contributed by atoms with Crippen LogP contribution in [0.3, 0.4) is 0 Å². The smallest absolute Gasteiger partial charge is 0.391 e. The Morgan fingerprint density at radius 2 is 1.68 bits per heavy atom. The summed E-state index contributed by atoms with van der Waals surface area (Å²) in [4.78, 5) is 33.9. The van der Waals surface area contributed by atoms with Crippen molar-refractivity contribution in [2.45, 2.75) is 0 Å². The number of nitrogens with one attached hydrogen (secondary N) is 1. The zero-order valence-corrected chi connectivity index (χ0v) is 10.8. The molecular formula is C12H8N4O6. The molecule has 0 aliphatic rings. The van der Waals surface area contributed by atoms with E-state index in [4.69, 9.17) is 5.11 Å². The molecule has 2 rings (SSSR count). The summed E-state index contributed by atoms with van der Waals surface area (Å²) >= 11 is 0. The number of nitro groups is 2. The Balaban J connectivity index is 2.34. The van der Waals surface area contributed by atoms with Gasteiger partial charge in [-0.3, -0.25) is 0 Å². The van der Waals surface area contributed by atoms with Crippen molar-refractivity contribution < 1.29 is 19.7 Å². The summed E-state index contributed by atoms with van der Waals surface area (Å²) in [5, 5.41) is 33.0. The number of hydrogen-bond acceptors (Lipinski definition) is 7. The highest BCUT2D eigenvalue weighted by atomic mass is 16.6. The maximum atomic E-state index is 10.9. The second-order valence-electron chi connectivity index (χ2n) is 4.06. The minimum Gasteiger partial charge on any atom is -0.478 e. The molecule has 0 saturated carbocycles. The summed E-state index contributed by atoms with van der Waals surface area (Å²) in [7, 11) is 0. The van der Waals surface area contributed by atoms with Gasteiger partial charge in [-0.15, -0.1) is 0 Å². The molecule has 0 radical (unpaired) electrons. The van der Waals surface area contributed by atoms with E-state index >= 15 is 0 Å². The quantitative estimate of drug-likeness (QED) is 0.631. The molecule has 1 aromatic carbocycles. The van der Waals surface area contributed by atoms with Gasteiger partial charge in [0.2, 0.25) is 0 Å². The van der Waals surface area contributed by atoms with Crippen LogP contribution in [0.25, 0.3) is 0 Å². The topological polar surface area (TPSA) is 148 Å². The molecule has 0 unspecified atom stereocenters.